The molecule has 34 heavy (non-hydrogen) atoms. The van der Waals surface area contributed by atoms with Gasteiger partial charge >= 0.3 is 0 Å². The van der Waals surface area contributed by atoms with Crippen LogP contribution in [-0.2, 0) is 0 Å². The molecule has 0 spiro atoms. The Balaban J connectivity index is 1.67. The van der Waals surface area contributed by atoms with Crippen LogP contribution in [0.25, 0.3) is 0 Å². The molecule has 4 N–H and O–H groups in total. The van der Waals surface area contributed by atoms with Gasteiger partial charge < -0.3 is 20.4 Å². The molecule has 0 saturated heterocycles. The van der Waals surface area contributed by atoms with Gasteiger partial charge in [-0.05, 0) is 24.3 Å². The molecule has 0 bridgehead atoms. The third-order valence-corrected chi connectivity index (χ3v) is 5.21. The van der Waals surface area contributed by atoms with Crippen LogP contribution in [0.3, 0.4) is 0 Å². The molecule has 0 aliphatic rings. The number of rotatable bonds is 7. The maximum Gasteiger partial charge on any atom is 0.128 e. The SMILES string of the molecule is Oc1ccc(C(=NCCN=C(c2ccccc2)c2ccc(O)cc2O)c2ccccc2)c(O)c1. The molecule has 0 aliphatic carbocycles. The number of aromatic hydroxyl groups is 4. The lowest BCUT2D eigenvalue weighted by Crippen LogP contribution is -2.08. The molecule has 6 nitrogen and oxygen atoms in total. The van der Waals surface area contributed by atoms with Gasteiger partial charge in [0.15, 0.2) is 0 Å². The molecule has 0 fully saturated rings. The number of phenolic OH excluding ortho intramolecular Hbond substituents is 4. The number of phenols is 4. The highest BCUT2D eigenvalue weighted by molar-refractivity contribution is 6.15. The Morgan fingerprint density at radius 2 is 0.882 bits per heavy atom. The van der Waals surface area contributed by atoms with Crippen LogP contribution in [0.2, 0.25) is 0 Å². The first kappa shape index (κ1) is 22.6. The summed E-state index contributed by atoms with van der Waals surface area (Å²) < 4.78 is 0. The largest absolute Gasteiger partial charge is 0.508 e. The summed E-state index contributed by atoms with van der Waals surface area (Å²) in [5.74, 6) is -0.186. The van der Waals surface area contributed by atoms with E-state index in [4.69, 9.17) is 9.98 Å². The van der Waals surface area contributed by atoms with E-state index in [1.54, 1.807) is 12.1 Å². The van der Waals surface area contributed by atoms with Crippen LogP contribution in [0.4, 0.5) is 0 Å². The van der Waals surface area contributed by atoms with E-state index >= 15 is 0 Å². The molecule has 0 atom stereocenters. The molecule has 0 radical (unpaired) electrons. The van der Waals surface area contributed by atoms with Crippen molar-refractivity contribution in [2.45, 2.75) is 0 Å². The van der Waals surface area contributed by atoms with Gasteiger partial charge in [-0.25, -0.2) is 0 Å². The third kappa shape index (κ3) is 5.24. The fraction of sp³-hybridized carbons (Fsp3) is 0.0714. The zero-order chi connectivity index (χ0) is 23.9. The van der Waals surface area contributed by atoms with E-state index in [1.807, 2.05) is 60.7 Å². The minimum Gasteiger partial charge on any atom is -0.508 e. The number of hydrogen-bond donors (Lipinski definition) is 4. The van der Waals surface area contributed by atoms with Crippen LogP contribution >= 0.6 is 0 Å². The number of benzene rings is 4. The number of nitrogens with zero attached hydrogens (tertiary/aromatic N) is 2. The molecule has 4 aromatic rings. The fourth-order valence-electron chi connectivity index (χ4n) is 3.62. The lowest BCUT2D eigenvalue weighted by atomic mass is 10.0. The Labute approximate surface area is 197 Å². The van der Waals surface area contributed by atoms with E-state index in [1.165, 1.54) is 24.3 Å². The number of aliphatic imine (C=N–C) groups is 2. The van der Waals surface area contributed by atoms with Crippen molar-refractivity contribution in [3.05, 3.63) is 119 Å². The maximum absolute atomic E-state index is 10.4. The van der Waals surface area contributed by atoms with Crippen molar-refractivity contribution in [1.82, 2.24) is 0 Å². The summed E-state index contributed by atoms with van der Waals surface area (Å²) in [6.45, 7) is 0.638. The van der Waals surface area contributed by atoms with E-state index < -0.39 is 0 Å². The van der Waals surface area contributed by atoms with Crippen LogP contribution in [0.5, 0.6) is 23.0 Å². The van der Waals surface area contributed by atoms with Crippen LogP contribution in [0.15, 0.2) is 107 Å². The monoisotopic (exact) mass is 452 g/mol. The predicted molar refractivity (Wildman–Crippen MR) is 133 cm³/mol. The predicted octanol–water partition coefficient (Wildman–Crippen LogP) is 4.88. The van der Waals surface area contributed by atoms with Gasteiger partial charge in [0.05, 0.1) is 24.5 Å². The summed E-state index contributed by atoms with van der Waals surface area (Å²) in [6, 6.07) is 27.8. The van der Waals surface area contributed by atoms with Crippen LogP contribution in [-0.4, -0.2) is 44.9 Å². The van der Waals surface area contributed by atoms with Crippen molar-refractivity contribution in [3.8, 4) is 23.0 Å². The second kappa shape index (κ2) is 10.4. The van der Waals surface area contributed by atoms with Crippen molar-refractivity contribution in [2.75, 3.05) is 13.1 Å². The van der Waals surface area contributed by atoms with Gasteiger partial charge in [-0.1, -0.05) is 60.7 Å². The molecular formula is C28H24N2O4. The van der Waals surface area contributed by atoms with Crippen molar-refractivity contribution in [3.63, 3.8) is 0 Å². The third-order valence-electron chi connectivity index (χ3n) is 5.21. The van der Waals surface area contributed by atoms with Crippen molar-refractivity contribution in [1.29, 1.82) is 0 Å². The first-order chi connectivity index (χ1) is 16.5. The second-order valence-electron chi connectivity index (χ2n) is 7.60. The lowest BCUT2D eigenvalue weighted by Gasteiger charge is -2.11. The highest BCUT2D eigenvalue weighted by atomic mass is 16.3. The summed E-state index contributed by atoms with van der Waals surface area (Å²) in [6.07, 6.45) is 0. The normalized spacial score (nSPS) is 12.0. The Bertz CT molecular complexity index is 1230. The average molecular weight is 453 g/mol. The highest BCUT2D eigenvalue weighted by Gasteiger charge is 2.14. The quantitative estimate of drug-likeness (QED) is 0.237. The summed E-state index contributed by atoms with van der Waals surface area (Å²) in [4.78, 5) is 9.43. The molecule has 0 unspecified atom stereocenters. The van der Waals surface area contributed by atoms with Gasteiger partial charge in [0.2, 0.25) is 0 Å². The van der Waals surface area contributed by atoms with Crippen LogP contribution in [0.1, 0.15) is 22.3 Å². The standard InChI is InChI=1S/C28H24N2O4/c31-21-11-13-23(25(33)17-21)27(19-7-3-1-4-8-19)29-15-16-30-28(20-9-5-2-6-10-20)24-14-12-22(32)18-26(24)34/h1-14,17-18,31-34H,15-16H2. The van der Waals surface area contributed by atoms with Gasteiger partial charge in [0.25, 0.3) is 0 Å². The molecule has 6 heteroatoms. The highest BCUT2D eigenvalue weighted by Crippen LogP contribution is 2.27. The number of hydrogen-bond acceptors (Lipinski definition) is 6. The van der Waals surface area contributed by atoms with Gasteiger partial charge in [-0.15, -0.1) is 0 Å². The van der Waals surface area contributed by atoms with Crippen LogP contribution in [0, 0.1) is 0 Å². The van der Waals surface area contributed by atoms with Crippen molar-refractivity contribution < 1.29 is 20.4 Å². The van der Waals surface area contributed by atoms with E-state index in [0.29, 0.717) is 35.6 Å². The molecule has 4 rings (SSSR count). The van der Waals surface area contributed by atoms with E-state index in [-0.39, 0.29) is 23.0 Å². The van der Waals surface area contributed by atoms with Gasteiger partial charge in [-0.3, -0.25) is 9.98 Å². The fourth-order valence-corrected chi connectivity index (χ4v) is 3.62. The van der Waals surface area contributed by atoms with Crippen molar-refractivity contribution >= 4 is 11.4 Å². The van der Waals surface area contributed by atoms with Gasteiger partial charge in [0.1, 0.15) is 23.0 Å². The zero-order valence-corrected chi connectivity index (χ0v) is 18.3. The molecule has 0 aromatic heterocycles. The second-order valence-corrected chi connectivity index (χ2v) is 7.60. The Morgan fingerprint density at radius 1 is 0.500 bits per heavy atom. The average Bonchev–Trinajstić information content (AvgIpc) is 2.84. The lowest BCUT2D eigenvalue weighted by molar-refractivity contribution is 0.449. The summed E-state index contributed by atoms with van der Waals surface area (Å²) in [5.41, 5.74) is 3.84. The Kier molecular flexibility index (Phi) is 6.89. The molecule has 0 aliphatic heterocycles. The van der Waals surface area contributed by atoms with E-state index in [0.717, 1.165) is 11.1 Å². The molecule has 0 saturated carbocycles. The first-order valence-corrected chi connectivity index (χ1v) is 10.8. The van der Waals surface area contributed by atoms with E-state index in [9.17, 15) is 20.4 Å². The first-order valence-electron chi connectivity index (χ1n) is 10.8. The summed E-state index contributed by atoms with van der Waals surface area (Å²) in [7, 11) is 0. The molecule has 0 heterocycles. The zero-order valence-electron chi connectivity index (χ0n) is 18.3. The minimum atomic E-state index is -0.0647. The topological polar surface area (TPSA) is 106 Å². The maximum atomic E-state index is 10.4. The van der Waals surface area contributed by atoms with Gasteiger partial charge in [0, 0.05) is 34.4 Å². The molecule has 170 valence electrons. The summed E-state index contributed by atoms with van der Waals surface area (Å²) in [5, 5.41) is 40.1. The van der Waals surface area contributed by atoms with Crippen LogP contribution < -0.4 is 0 Å². The molecule has 4 aromatic carbocycles. The summed E-state index contributed by atoms with van der Waals surface area (Å²) >= 11 is 0. The molecular weight excluding hydrogens is 428 g/mol. The Morgan fingerprint density at radius 3 is 1.24 bits per heavy atom. The minimum absolute atomic E-state index is 0.0283. The molecule has 0 amide bonds. The van der Waals surface area contributed by atoms with E-state index in [2.05, 4.69) is 0 Å². The van der Waals surface area contributed by atoms with Crippen molar-refractivity contribution in [2.24, 2.45) is 9.98 Å². The van der Waals surface area contributed by atoms with Gasteiger partial charge in [-0.2, -0.15) is 0 Å². The smallest absolute Gasteiger partial charge is 0.128 e. The Hall–Kier alpha value is -4.58.